The third-order valence-electron chi connectivity index (χ3n) is 6.38. The van der Waals surface area contributed by atoms with Gasteiger partial charge in [0.25, 0.3) is 0 Å². The van der Waals surface area contributed by atoms with Crippen molar-refractivity contribution in [2.24, 2.45) is 0 Å². The second-order valence-electron chi connectivity index (χ2n) is 8.63. The lowest BCUT2D eigenvalue weighted by Gasteiger charge is -2.33. The molecule has 186 valence electrons. The zero-order valence-corrected chi connectivity index (χ0v) is 21.2. The van der Waals surface area contributed by atoms with E-state index in [-0.39, 0.29) is 11.7 Å². The number of nitrogens with one attached hydrogen (secondary N) is 2. The minimum atomic E-state index is -1.98. The van der Waals surface area contributed by atoms with E-state index in [0.717, 1.165) is 71.4 Å². The van der Waals surface area contributed by atoms with E-state index < -0.39 is 11.1 Å². The van der Waals surface area contributed by atoms with Gasteiger partial charge in [0.05, 0.1) is 20.0 Å². The molecular weight excluding hydrogens is 462 g/mol. The predicted octanol–water partition coefficient (Wildman–Crippen LogP) is 4.73. The molecule has 1 aliphatic rings. The molecule has 4 rings (SSSR count). The van der Waals surface area contributed by atoms with Crippen LogP contribution in [0.25, 0.3) is 0 Å². The highest BCUT2D eigenvalue weighted by atomic mass is 32.2. The Kier molecular flexibility index (Phi) is 8.28. The zero-order chi connectivity index (χ0) is 24.8. The molecule has 2 atom stereocenters. The van der Waals surface area contributed by atoms with Crippen LogP contribution in [0.3, 0.4) is 0 Å². The summed E-state index contributed by atoms with van der Waals surface area (Å²) in [6.45, 7) is 5.74. The Bertz CT molecular complexity index is 1140. The van der Waals surface area contributed by atoms with Crippen LogP contribution in [0.5, 0.6) is 11.5 Å². The summed E-state index contributed by atoms with van der Waals surface area (Å²) < 4.78 is 32.7. The standard InChI is InChI=1S/C27H33N3O4S/c1-19(20-13-23(33-2)16-24(14-20)34-3)25-15-21(18-35(31)32)26(29-22-7-5-4-6-8-22)17-27(25)30-11-9-28-10-12-30/h4-8,13-17,19,28-29H,9-12,18H2,1-3H3,(H,31,32). The lowest BCUT2D eigenvalue weighted by molar-refractivity contribution is 0.393. The highest BCUT2D eigenvalue weighted by molar-refractivity contribution is 7.78. The number of nitrogens with zero attached hydrogens (tertiary/aromatic N) is 1. The molecule has 0 radical (unpaired) electrons. The molecular formula is C27H33N3O4S. The van der Waals surface area contributed by atoms with Gasteiger partial charge in [-0.15, -0.1) is 0 Å². The van der Waals surface area contributed by atoms with Crippen molar-refractivity contribution >= 4 is 28.1 Å². The summed E-state index contributed by atoms with van der Waals surface area (Å²) in [6.07, 6.45) is 0. The van der Waals surface area contributed by atoms with Crippen molar-refractivity contribution in [1.82, 2.24) is 5.32 Å². The van der Waals surface area contributed by atoms with Crippen LogP contribution in [0.4, 0.5) is 17.1 Å². The smallest absolute Gasteiger partial charge is 0.157 e. The van der Waals surface area contributed by atoms with Gasteiger partial charge in [-0.1, -0.05) is 31.2 Å². The van der Waals surface area contributed by atoms with E-state index in [2.05, 4.69) is 34.6 Å². The van der Waals surface area contributed by atoms with Gasteiger partial charge in [0.15, 0.2) is 11.1 Å². The van der Waals surface area contributed by atoms with E-state index >= 15 is 0 Å². The van der Waals surface area contributed by atoms with Gasteiger partial charge in [0.1, 0.15) is 11.5 Å². The third-order valence-corrected chi connectivity index (χ3v) is 6.94. The molecule has 0 spiro atoms. The molecule has 1 saturated heterocycles. The van der Waals surface area contributed by atoms with Crippen molar-refractivity contribution in [3.8, 4) is 11.5 Å². The van der Waals surface area contributed by atoms with Crippen LogP contribution in [-0.2, 0) is 16.8 Å². The van der Waals surface area contributed by atoms with E-state index in [0.29, 0.717) is 0 Å². The van der Waals surface area contributed by atoms with Gasteiger partial charge in [0, 0.05) is 55.2 Å². The number of hydrogen-bond donors (Lipinski definition) is 3. The molecule has 0 bridgehead atoms. The Labute approximate surface area is 209 Å². The van der Waals surface area contributed by atoms with Gasteiger partial charge >= 0.3 is 0 Å². The fraction of sp³-hybridized carbons (Fsp3) is 0.333. The van der Waals surface area contributed by atoms with Crippen molar-refractivity contribution in [1.29, 1.82) is 0 Å². The molecule has 0 amide bonds. The van der Waals surface area contributed by atoms with Crippen molar-refractivity contribution in [3.63, 3.8) is 0 Å². The second-order valence-corrected chi connectivity index (χ2v) is 9.56. The van der Waals surface area contributed by atoms with E-state index in [4.69, 9.17) is 9.47 Å². The second kappa shape index (κ2) is 11.6. The summed E-state index contributed by atoms with van der Waals surface area (Å²) in [6, 6.07) is 20.0. The quantitative estimate of drug-likeness (QED) is 0.370. The molecule has 0 aromatic heterocycles. The molecule has 3 aromatic rings. The minimum absolute atomic E-state index is 0.000499. The largest absolute Gasteiger partial charge is 0.497 e. The molecule has 3 N–H and O–H groups in total. The van der Waals surface area contributed by atoms with Crippen molar-refractivity contribution < 1.29 is 18.2 Å². The van der Waals surface area contributed by atoms with Gasteiger partial charge in [-0.25, -0.2) is 4.21 Å². The SMILES string of the molecule is COc1cc(OC)cc(C(C)c2cc(CS(=O)O)c(Nc3ccccc3)cc2N2CCNCC2)c1. The Morgan fingerprint density at radius 3 is 2.29 bits per heavy atom. The highest BCUT2D eigenvalue weighted by Crippen LogP contribution is 2.39. The van der Waals surface area contributed by atoms with Crippen LogP contribution in [0.15, 0.2) is 60.7 Å². The number of ether oxygens (including phenoxy) is 2. The number of anilines is 3. The van der Waals surface area contributed by atoms with Gasteiger partial charge in [-0.3, -0.25) is 0 Å². The number of piperazine rings is 1. The van der Waals surface area contributed by atoms with Gasteiger partial charge < -0.3 is 29.6 Å². The van der Waals surface area contributed by atoms with E-state index in [1.165, 1.54) is 0 Å². The highest BCUT2D eigenvalue weighted by Gasteiger charge is 2.23. The molecule has 1 fully saturated rings. The molecule has 8 heteroatoms. The molecule has 2 unspecified atom stereocenters. The number of rotatable bonds is 9. The number of methoxy groups -OCH3 is 2. The first-order valence-corrected chi connectivity index (χ1v) is 13.0. The Morgan fingerprint density at radius 2 is 1.69 bits per heavy atom. The van der Waals surface area contributed by atoms with Crippen molar-refractivity contribution in [3.05, 3.63) is 77.4 Å². The number of para-hydroxylation sites is 1. The van der Waals surface area contributed by atoms with Crippen LogP contribution in [0, 0.1) is 0 Å². The van der Waals surface area contributed by atoms with Crippen molar-refractivity contribution in [2.75, 3.05) is 50.6 Å². The number of benzene rings is 3. The summed E-state index contributed by atoms with van der Waals surface area (Å²) in [5.74, 6) is 1.50. The first-order chi connectivity index (χ1) is 17.0. The summed E-state index contributed by atoms with van der Waals surface area (Å²) in [4.78, 5) is 2.38. The van der Waals surface area contributed by atoms with Gasteiger partial charge in [0.2, 0.25) is 0 Å². The monoisotopic (exact) mass is 495 g/mol. The fourth-order valence-corrected chi connectivity index (χ4v) is 4.99. The minimum Gasteiger partial charge on any atom is -0.497 e. The topological polar surface area (TPSA) is 83.1 Å². The van der Waals surface area contributed by atoms with Gasteiger partial charge in [-0.05, 0) is 47.0 Å². The molecule has 0 aliphatic carbocycles. The first-order valence-electron chi connectivity index (χ1n) is 11.7. The van der Waals surface area contributed by atoms with Crippen LogP contribution in [0.2, 0.25) is 0 Å². The first kappa shape index (κ1) is 25.0. The molecule has 7 nitrogen and oxygen atoms in total. The predicted molar refractivity (Wildman–Crippen MR) is 143 cm³/mol. The zero-order valence-electron chi connectivity index (χ0n) is 20.4. The Morgan fingerprint density at radius 1 is 1.03 bits per heavy atom. The maximum Gasteiger partial charge on any atom is 0.157 e. The average Bonchev–Trinajstić information content (AvgIpc) is 2.89. The normalized spacial score (nSPS) is 15.4. The summed E-state index contributed by atoms with van der Waals surface area (Å²) in [5, 5.41) is 6.90. The fourth-order valence-electron chi connectivity index (χ4n) is 4.48. The molecule has 35 heavy (non-hydrogen) atoms. The third kappa shape index (κ3) is 6.14. The van der Waals surface area contributed by atoms with Gasteiger partial charge in [-0.2, -0.15) is 0 Å². The van der Waals surface area contributed by atoms with E-state index in [1.807, 2.05) is 48.5 Å². The molecule has 0 saturated carbocycles. The van der Waals surface area contributed by atoms with Crippen LogP contribution in [0.1, 0.15) is 29.5 Å². The maximum absolute atomic E-state index is 11.9. The van der Waals surface area contributed by atoms with Crippen LogP contribution >= 0.6 is 0 Å². The van der Waals surface area contributed by atoms with E-state index in [1.54, 1.807) is 14.2 Å². The molecule has 1 heterocycles. The summed E-state index contributed by atoms with van der Waals surface area (Å²) >= 11 is -1.98. The number of hydrogen-bond acceptors (Lipinski definition) is 6. The lowest BCUT2D eigenvalue weighted by Crippen LogP contribution is -2.44. The van der Waals surface area contributed by atoms with E-state index in [9.17, 15) is 8.76 Å². The van der Waals surface area contributed by atoms with Crippen LogP contribution in [-0.4, -0.2) is 49.2 Å². The average molecular weight is 496 g/mol. The summed E-state index contributed by atoms with van der Waals surface area (Å²) in [7, 11) is 3.29. The molecule has 1 aliphatic heterocycles. The maximum atomic E-state index is 11.9. The lowest BCUT2D eigenvalue weighted by atomic mass is 9.89. The Hall–Kier alpha value is -3.07. The van der Waals surface area contributed by atoms with Crippen molar-refractivity contribution in [2.45, 2.75) is 18.6 Å². The van der Waals surface area contributed by atoms with Crippen LogP contribution < -0.4 is 25.0 Å². The summed E-state index contributed by atoms with van der Waals surface area (Å²) in [5.41, 5.74) is 5.84. The Balaban J connectivity index is 1.84. The molecule has 3 aromatic carbocycles.